The van der Waals surface area contributed by atoms with E-state index in [1.54, 1.807) is 12.1 Å². The van der Waals surface area contributed by atoms with Crippen molar-refractivity contribution in [2.24, 2.45) is 22.7 Å². The highest BCUT2D eigenvalue weighted by molar-refractivity contribution is 6.22. The number of fused-ring (bicyclic) bond motifs is 3. The van der Waals surface area contributed by atoms with Crippen LogP contribution >= 0.6 is 0 Å². The van der Waals surface area contributed by atoms with Crippen molar-refractivity contribution in [3.8, 4) is 0 Å². The molecule has 0 aromatic heterocycles. The number of anilines is 1. The largest absolute Gasteiger partial charge is 0.299 e. The van der Waals surface area contributed by atoms with E-state index in [-0.39, 0.29) is 40.6 Å². The van der Waals surface area contributed by atoms with Gasteiger partial charge < -0.3 is 0 Å². The van der Waals surface area contributed by atoms with Crippen LogP contribution in [0.1, 0.15) is 48.9 Å². The van der Waals surface area contributed by atoms with Crippen molar-refractivity contribution in [2.45, 2.75) is 52.4 Å². The number of carbonyl (C=O) groups is 4. The highest BCUT2D eigenvalue weighted by Gasteiger charge is 2.55. The van der Waals surface area contributed by atoms with Gasteiger partial charge in [0.15, 0.2) is 0 Å². The van der Waals surface area contributed by atoms with Gasteiger partial charge >= 0.3 is 0 Å². The molecule has 3 aliphatic carbocycles. The van der Waals surface area contributed by atoms with Gasteiger partial charge in [0.2, 0.25) is 11.8 Å². The first-order valence-corrected chi connectivity index (χ1v) is 11.8. The van der Waals surface area contributed by atoms with E-state index in [1.807, 2.05) is 32.0 Å². The van der Waals surface area contributed by atoms with Gasteiger partial charge in [-0.15, -0.1) is 0 Å². The first kappa shape index (κ1) is 20.5. The van der Waals surface area contributed by atoms with Gasteiger partial charge in [-0.25, -0.2) is 0 Å². The van der Waals surface area contributed by atoms with Gasteiger partial charge in [-0.05, 0) is 65.5 Å². The van der Waals surface area contributed by atoms with E-state index in [2.05, 4.69) is 12.1 Å². The molecule has 5 heteroatoms. The van der Waals surface area contributed by atoms with E-state index >= 15 is 0 Å². The molecule has 0 radical (unpaired) electrons. The molecule has 1 spiro atoms. The van der Waals surface area contributed by atoms with Gasteiger partial charge in [-0.3, -0.25) is 24.1 Å². The predicted molar refractivity (Wildman–Crippen MR) is 123 cm³/mol. The maximum Gasteiger partial charge on any atom is 0.238 e. The number of carbonyl (C=O) groups excluding carboxylic acids is 4. The molecule has 1 saturated heterocycles. The van der Waals surface area contributed by atoms with E-state index in [0.29, 0.717) is 44.2 Å². The number of hydrogen-bond acceptors (Lipinski definition) is 4. The third-order valence-electron chi connectivity index (χ3n) is 8.31. The molecular formula is C28H27NO4. The van der Waals surface area contributed by atoms with Gasteiger partial charge in [0.05, 0.1) is 22.9 Å². The third-order valence-corrected chi connectivity index (χ3v) is 8.31. The zero-order valence-electron chi connectivity index (χ0n) is 19.0. The van der Waals surface area contributed by atoms with Crippen LogP contribution in [0.4, 0.5) is 5.69 Å². The number of amides is 2. The molecule has 168 valence electrons. The Balaban J connectivity index is 1.31. The third kappa shape index (κ3) is 2.91. The highest BCUT2D eigenvalue weighted by atomic mass is 16.2. The van der Waals surface area contributed by atoms with Crippen LogP contribution in [0, 0.1) is 22.7 Å². The Labute approximate surface area is 193 Å². The van der Waals surface area contributed by atoms with Gasteiger partial charge in [0, 0.05) is 12.8 Å². The molecule has 2 atom stereocenters. The molecule has 4 aliphatic rings. The molecule has 0 N–H and O–H groups in total. The van der Waals surface area contributed by atoms with E-state index in [0.717, 1.165) is 22.3 Å². The monoisotopic (exact) mass is 441 g/mol. The molecule has 1 heterocycles. The first-order valence-electron chi connectivity index (χ1n) is 11.8. The first-order chi connectivity index (χ1) is 15.7. The van der Waals surface area contributed by atoms with Crippen molar-refractivity contribution < 1.29 is 19.2 Å². The van der Waals surface area contributed by atoms with Crippen LogP contribution in [0.25, 0.3) is 0 Å². The van der Waals surface area contributed by atoms with Crippen LogP contribution in [-0.2, 0) is 44.9 Å². The lowest BCUT2D eigenvalue weighted by Crippen LogP contribution is -2.48. The van der Waals surface area contributed by atoms with Crippen LogP contribution in [0.3, 0.4) is 0 Å². The molecule has 2 unspecified atom stereocenters. The molecule has 2 aromatic carbocycles. The summed E-state index contributed by atoms with van der Waals surface area (Å²) in [7, 11) is 0. The fourth-order valence-corrected chi connectivity index (χ4v) is 6.58. The van der Waals surface area contributed by atoms with E-state index < -0.39 is 5.41 Å². The molecule has 2 amide bonds. The molecule has 33 heavy (non-hydrogen) atoms. The summed E-state index contributed by atoms with van der Waals surface area (Å²) in [5.74, 6) is -0.815. The lowest BCUT2D eigenvalue weighted by atomic mass is 9.62. The molecular weight excluding hydrogens is 414 g/mol. The van der Waals surface area contributed by atoms with Crippen molar-refractivity contribution >= 4 is 29.1 Å². The van der Waals surface area contributed by atoms with Crippen molar-refractivity contribution in [3.05, 3.63) is 64.7 Å². The van der Waals surface area contributed by atoms with Crippen LogP contribution in [0.15, 0.2) is 42.5 Å². The van der Waals surface area contributed by atoms with Crippen LogP contribution < -0.4 is 4.90 Å². The Morgan fingerprint density at radius 3 is 1.67 bits per heavy atom. The smallest absolute Gasteiger partial charge is 0.238 e. The second-order valence-corrected chi connectivity index (χ2v) is 11.2. The number of imide groups is 1. The molecule has 0 bridgehead atoms. The molecule has 2 fully saturated rings. The van der Waals surface area contributed by atoms with Crippen LogP contribution in [-0.4, -0.2) is 23.4 Å². The van der Waals surface area contributed by atoms with Crippen molar-refractivity contribution in [1.82, 2.24) is 0 Å². The fourth-order valence-electron chi connectivity index (χ4n) is 6.58. The van der Waals surface area contributed by atoms with E-state index in [9.17, 15) is 19.2 Å². The van der Waals surface area contributed by atoms with Gasteiger partial charge in [-0.1, -0.05) is 44.2 Å². The van der Waals surface area contributed by atoms with Crippen LogP contribution in [0.2, 0.25) is 0 Å². The topological polar surface area (TPSA) is 71.5 Å². The number of ketones is 2. The maximum absolute atomic E-state index is 13.2. The van der Waals surface area contributed by atoms with E-state index in [4.69, 9.17) is 0 Å². The second kappa shape index (κ2) is 6.72. The van der Waals surface area contributed by atoms with Crippen molar-refractivity contribution in [3.63, 3.8) is 0 Å². The summed E-state index contributed by atoms with van der Waals surface area (Å²) in [5.41, 5.74) is 3.74. The predicted octanol–water partition coefficient (Wildman–Crippen LogP) is 3.63. The number of rotatable bonds is 1. The number of para-hydroxylation sites is 1. The summed E-state index contributed by atoms with van der Waals surface area (Å²) >= 11 is 0. The lowest BCUT2D eigenvalue weighted by molar-refractivity contribution is -0.147. The van der Waals surface area contributed by atoms with Crippen molar-refractivity contribution in [2.75, 3.05) is 4.90 Å². The molecule has 5 nitrogen and oxygen atoms in total. The average molecular weight is 442 g/mol. The minimum absolute atomic E-state index is 0.0682. The summed E-state index contributed by atoms with van der Waals surface area (Å²) < 4.78 is 0. The SMILES string of the molecule is CC1(C)CC(=O)C2(Cc3cc4c(cc3C2)CC2C(=O)N(c3ccccc3)C(=O)C2C4)C(=O)C1. The van der Waals surface area contributed by atoms with Crippen LogP contribution in [0.5, 0.6) is 0 Å². The summed E-state index contributed by atoms with van der Waals surface area (Å²) in [6, 6.07) is 13.4. The number of Topliss-reactive ketones (excluding diaryl/α,β-unsaturated/α-hetero) is 2. The van der Waals surface area contributed by atoms with Gasteiger partial charge in [0.25, 0.3) is 0 Å². The highest BCUT2D eigenvalue weighted by Crippen LogP contribution is 2.49. The average Bonchev–Trinajstić information content (AvgIpc) is 3.25. The lowest BCUT2D eigenvalue weighted by Gasteiger charge is -2.38. The Kier molecular flexibility index (Phi) is 4.18. The summed E-state index contributed by atoms with van der Waals surface area (Å²) in [6.07, 6.45) is 2.89. The van der Waals surface area contributed by atoms with Crippen molar-refractivity contribution in [1.29, 1.82) is 0 Å². The summed E-state index contributed by atoms with van der Waals surface area (Å²) in [5, 5.41) is 0. The maximum atomic E-state index is 13.2. The Hall–Kier alpha value is -3.08. The Morgan fingerprint density at radius 1 is 0.697 bits per heavy atom. The minimum atomic E-state index is -0.909. The zero-order chi connectivity index (χ0) is 23.1. The standard InChI is InChI=1S/C28H27NO4/c1-27(2)14-23(30)28(24(31)15-27)12-18-8-16-10-21-22(11-17(16)9-19(18)13-28)26(33)29(25(21)32)20-6-4-3-5-7-20/h3-9,21-22H,10-15H2,1-2H3. The number of benzene rings is 2. The van der Waals surface area contributed by atoms with Gasteiger partial charge in [-0.2, -0.15) is 0 Å². The molecule has 2 aromatic rings. The Bertz CT molecular complexity index is 1170. The number of nitrogens with zero attached hydrogens (tertiary/aromatic N) is 1. The Morgan fingerprint density at radius 2 is 1.18 bits per heavy atom. The molecule has 1 saturated carbocycles. The normalized spacial score (nSPS) is 27.0. The number of hydrogen-bond donors (Lipinski definition) is 0. The quantitative estimate of drug-likeness (QED) is 0.500. The van der Waals surface area contributed by atoms with E-state index in [1.165, 1.54) is 4.90 Å². The fraction of sp³-hybridized carbons (Fsp3) is 0.429. The minimum Gasteiger partial charge on any atom is -0.299 e. The molecule has 6 rings (SSSR count). The second-order valence-electron chi connectivity index (χ2n) is 11.2. The summed E-state index contributed by atoms with van der Waals surface area (Å²) in [6.45, 7) is 3.98. The van der Waals surface area contributed by atoms with Gasteiger partial charge in [0.1, 0.15) is 11.6 Å². The summed E-state index contributed by atoms with van der Waals surface area (Å²) in [4.78, 5) is 54.0. The molecule has 1 aliphatic heterocycles. The zero-order valence-corrected chi connectivity index (χ0v) is 19.0.